The van der Waals surface area contributed by atoms with Crippen LogP contribution in [0.15, 0.2) is 0 Å². The van der Waals surface area contributed by atoms with Gasteiger partial charge < -0.3 is 4.74 Å². The van der Waals surface area contributed by atoms with E-state index in [1.165, 1.54) is 0 Å². The molecule has 0 spiro atoms. The Morgan fingerprint density at radius 2 is 2.08 bits per heavy atom. The van der Waals surface area contributed by atoms with Crippen LogP contribution >= 0.6 is 0 Å². The van der Waals surface area contributed by atoms with Crippen molar-refractivity contribution >= 4 is 5.97 Å². The molecule has 0 aliphatic rings. The van der Waals surface area contributed by atoms with Gasteiger partial charge in [-0.2, -0.15) is 0 Å². The monoisotopic (exact) mass is 171 g/mol. The van der Waals surface area contributed by atoms with E-state index in [2.05, 4.69) is 6.92 Å². The van der Waals surface area contributed by atoms with E-state index in [9.17, 15) is 4.79 Å². The SMILES string of the molecule is [CH2]CCCCCC(=O)OCCC. The van der Waals surface area contributed by atoms with E-state index < -0.39 is 0 Å². The summed E-state index contributed by atoms with van der Waals surface area (Å²) in [5, 5.41) is 0. The summed E-state index contributed by atoms with van der Waals surface area (Å²) in [5.41, 5.74) is 0. The van der Waals surface area contributed by atoms with E-state index in [0.29, 0.717) is 13.0 Å². The van der Waals surface area contributed by atoms with Crippen LogP contribution in [0, 0.1) is 6.92 Å². The van der Waals surface area contributed by atoms with Crippen LogP contribution in [0.4, 0.5) is 0 Å². The molecule has 71 valence electrons. The molecule has 0 aromatic rings. The van der Waals surface area contributed by atoms with Crippen LogP contribution < -0.4 is 0 Å². The smallest absolute Gasteiger partial charge is 0.305 e. The zero-order valence-corrected chi connectivity index (χ0v) is 7.97. The molecule has 0 aromatic heterocycles. The maximum atomic E-state index is 10.9. The van der Waals surface area contributed by atoms with Gasteiger partial charge in [0.25, 0.3) is 0 Å². The van der Waals surface area contributed by atoms with Gasteiger partial charge in [-0.05, 0) is 12.8 Å². The molecular weight excluding hydrogens is 152 g/mol. The molecule has 0 saturated heterocycles. The van der Waals surface area contributed by atoms with Gasteiger partial charge in [-0.15, -0.1) is 0 Å². The Kier molecular flexibility index (Phi) is 8.19. The number of ether oxygens (including phenoxy) is 1. The largest absolute Gasteiger partial charge is 0.466 e. The van der Waals surface area contributed by atoms with Gasteiger partial charge in [0.15, 0.2) is 0 Å². The maximum Gasteiger partial charge on any atom is 0.305 e. The maximum absolute atomic E-state index is 10.9. The molecule has 0 N–H and O–H groups in total. The van der Waals surface area contributed by atoms with Crippen molar-refractivity contribution in [3.63, 3.8) is 0 Å². The average molecular weight is 171 g/mol. The number of unbranched alkanes of at least 4 members (excludes halogenated alkanes) is 3. The summed E-state index contributed by atoms with van der Waals surface area (Å²) in [5.74, 6) is -0.0547. The Morgan fingerprint density at radius 3 is 2.67 bits per heavy atom. The lowest BCUT2D eigenvalue weighted by molar-refractivity contribution is -0.143. The third-order valence-electron chi connectivity index (χ3n) is 1.60. The van der Waals surface area contributed by atoms with E-state index in [1.54, 1.807) is 0 Å². The molecule has 0 heterocycles. The van der Waals surface area contributed by atoms with Crippen molar-refractivity contribution in [1.29, 1.82) is 0 Å². The quantitative estimate of drug-likeness (QED) is 0.435. The number of hydrogen-bond acceptors (Lipinski definition) is 2. The van der Waals surface area contributed by atoms with E-state index >= 15 is 0 Å². The lowest BCUT2D eigenvalue weighted by Gasteiger charge is -2.01. The second-order valence-corrected chi connectivity index (χ2v) is 2.88. The highest BCUT2D eigenvalue weighted by Gasteiger charge is 2.00. The van der Waals surface area contributed by atoms with E-state index in [1.807, 2.05) is 6.92 Å². The van der Waals surface area contributed by atoms with Crippen molar-refractivity contribution in [3.05, 3.63) is 6.92 Å². The molecular formula is C10H19O2. The van der Waals surface area contributed by atoms with Crippen molar-refractivity contribution in [3.8, 4) is 0 Å². The number of hydrogen-bond donors (Lipinski definition) is 0. The summed E-state index contributed by atoms with van der Waals surface area (Å²) in [4.78, 5) is 10.9. The standard InChI is InChI=1S/C10H19O2/c1-3-5-6-7-8-10(11)12-9-4-2/h1,3-9H2,2H3. The minimum absolute atomic E-state index is 0.0547. The topological polar surface area (TPSA) is 26.3 Å². The first kappa shape index (κ1) is 11.5. The van der Waals surface area contributed by atoms with Gasteiger partial charge in [-0.25, -0.2) is 0 Å². The van der Waals surface area contributed by atoms with Crippen molar-refractivity contribution in [2.24, 2.45) is 0 Å². The molecule has 0 unspecified atom stereocenters. The van der Waals surface area contributed by atoms with Gasteiger partial charge in [0.1, 0.15) is 0 Å². The molecule has 1 radical (unpaired) electrons. The minimum Gasteiger partial charge on any atom is -0.466 e. The fourth-order valence-electron chi connectivity index (χ4n) is 0.911. The highest BCUT2D eigenvalue weighted by Crippen LogP contribution is 2.03. The van der Waals surface area contributed by atoms with Crippen molar-refractivity contribution in [2.75, 3.05) is 6.61 Å². The summed E-state index contributed by atoms with van der Waals surface area (Å²) < 4.78 is 4.92. The Balaban J connectivity index is 3.08. The number of esters is 1. The van der Waals surface area contributed by atoms with Gasteiger partial charge in [0.2, 0.25) is 0 Å². The van der Waals surface area contributed by atoms with Crippen molar-refractivity contribution in [1.82, 2.24) is 0 Å². The molecule has 0 amide bonds. The van der Waals surface area contributed by atoms with Crippen LogP contribution in [0.1, 0.15) is 45.4 Å². The van der Waals surface area contributed by atoms with Gasteiger partial charge >= 0.3 is 5.97 Å². The summed E-state index contributed by atoms with van der Waals surface area (Å²) >= 11 is 0. The number of rotatable bonds is 7. The number of carbonyl (C=O) groups excluding carboxylic acids is 1. The first-order valence-corrected chi connectivity index (χ1v) is 4.76. The van der Waals surface area contributed by atoms with Gasteiger partial charge in [0, 0.05) is 6.42 Å². The lowest BCUT2D eigenvalue weighted by atomic mass is 10.2. The third kappa shape index (κ3) is 7.58. The lowest BCUT2D eigenvalue weighted by Crippen LogP contribution is -2.04. The fourth-order valence-corrected chi connectivity index (χ4v) is 0.911. The molecule has 0 aliphatic heterocycles. The Bertz CT molecular complexity index is 110. The predicted molar refractivity (Wildman–Crippen MR) is 49.7 cm³/mol. The molecule has 2 heteroatoms. The van der Waals surface area contributed by atoms with Crippen LogP contribution in [-0.2, 0) is 9.53 Å². The predicted octanol–water partition coefficient (Wildman–Crippen LogP) is 2.72. The van der Waals surface area contributed by atoms with Gasteiger partial charge in [-0.1, -0.05) is 33.1 Å². The van der Waals surface area contributed by atoms with E-state index in [0.717, 1.165) is 32.1 Å². The Hall–Kier alpha value is -0.530. The molecule has 2 nitrogen and oxygen atoms in total. The third-order valence-corrected chi connectivity index (χ3v) is 1.60. The normalized spacial score (nSPS) is 9.83. The highest BCUT2D eigenvalue weighted by atomic mass is 16.5. The molecule has 0 rings (SSSR count). The van der Waals surface area contributed by atoms with Crippen molar-refractivity contribution < 1.29 is 9.53 Å². The minimum atomic E-state index is -0.0547. The summed E-state index contributed by atoms with van der Waals surface area (Å²) in [7, 11) is 0. The van der Waals surface area contributed by atoms with Gasteiger partial charge in [0.05, 0.1) is 6.61 Å². The Labute approximate surface area is 75.3 Å². The van der Waals surface area contributed by atoms with Crippen LogP contribution in [0.5, 0.6) is 0 Å². The second-order valence-electron chi connectivity index (χ2n) is 2.88. The van der Waals surface area contributed by atoms with Gasteiger partial charge in [-0.3, -0.25) is 4.79 Å². The second kappa shape index (κ2) is 8.57. The average Bonchev–Trinajstić information content (AvgIpc) is 2.09. The summed E-state index contributed by atoms with van der Waals surface area (Å²) in [6, 6.07) is 0. The van der Waals surface area contributed by atoms with E-state index in [4.69, 9.17) is 4.74 Å². The fraction of sp³-hybridized carbons (Fsp3) is 0.800. The molecule has 0 bridgehead atoms. The van der Waals surface area contributed by atoms with Crippen LogP contribution in [-0.4, -0.2) is 12.6 Å². The molecule has 0 saturated carbocycles. The molecule has 0 aliphatic carbocycles. The molecule has 12 heavy (non-hydrogen) atoms. The zero-order chi connectivity index (χ0) is 9.23. The first-order valence-electron chi connectivity index (χ1n) is 4.76. The first-order chi connectivity index (χ1) is 5.81. The van der Waals surface area contributed by atoms with Crippen LogP contribution in [0.25, 0.3) is 0 Å². The Morgan fingerprint density at radius 1 is 1.33 bits per heavy atom. The van der Waals surface area contributed by atoms with Crippen LogP contribution in [0.2, 0.25) is 0 Å². The van der Waals surface area contributed by atoms with Crippen LogP contribution in [0.3, 0.4) is 0 Å². The number of carbonyl (C=O) groups is 1. The summed E-state index contributed by atoms with van der Waals surface area (Å²) in [6.45, 7) is 6.30. The molecule has 0 atom stereocenters. The molecule has 0 aromatic carbocycles. The highest BCUT2D eigenvalue weighted by molar-refractivity contribution is 5.69. The molecule has 0 fully saturated rings. The zero-order valence-electron chi connectivity index (χ0n) is 7.97. The van der Waals surface area contributed by atoms with E-state index in [-0.39, 0.29) is 5.97 Å². The van der Waals surface area contributed by atoms with Crippen molar-refractivity contribution in [2.45, 2.75) is 45.4 Å². The summed E-state index contributed by atoms with van der Waals surface area (Å²) in [6.07, 6.45) is 5.58.